The molecule has 41 heavy (non-hydrogen) atoms. The molecule has 6 heteroatoms. The van der Waals surface area contributed by atoms with E-state index in [-0.39, 0.29) is 29.1 Å². The highest BCUT2D eigenvalue weighted by Crippen LogP contribution is 2.69. The minimum absolute atomic E-state index is 0.124. The van der Waals surface area contributed by atoms with E-state index >= 15 is 0 Å². The molecule has 1 unspecified atom stereocenters. The Hall–Kier alpha value is -3.35. The first-order chi connectivity index (χ1) is 19.9. The van der Waals surface area contributed by atoms with Gasteiger partial charge in [-0.3, -0.25) is 9.69 Å². The highest BCUT2D eigenvalue weighted by Gasteiger charge is 2.73. The summed E-state index contributed by atoms with van der Waals surface area (Å²) in [7, 11) is 3.97. The quantitative estimate of drug-likeness (QED) is 0.386. The average molecular weight is 551 g/mol. The second-order valence-corrected chi connectivity index (χ2v) is 12.9. The SMILES string of the molecule is CO[C@@]12Cc3cc(/C=C/C(=O)CCc4ccccc4)n(C)c3C3Oc4c(O)ccc5c4[C@@]31CCN(CC1CC1)[C@H]2C5. The Morgan fingerprint density at radius 2 is 2.00 bits per heavy atom. The van der Waals surface area contributed by atoms with Crippen molar-refractivity contribution in [2.45, 2.75) is 68.1 Å². The van der Waals surface area contributed by atoms with E-state index in [1.165, 1.54) is 35.1 Å². The topological polar surface area (TPSA) is 63.9 Å². The van der Waals surface area contributed by atoms with Crippen molar-refractivity contribution >= 4 is 11.9 Å². The maximum absolute atomic E-state index is 12.8. The molecule has 3 heterocycles. The number of piperidine rings is 1. The summed E-state index contributed by atoms with van der Waals surface area (Å²) in [6.07, 6.45) is 9.97. The zero-order valence-corrected chi connectivity index (χ0v) is 23.9. The molecule has 6 nitrogen and oxygen atoms in total. The maximum Gasteiger partial charge on any atom is 0.166 e. The zero-order valence-electron chi connectivity index (χ0n) is 23.9. The van der Waals surface area contributed by atoms with Gasteiger partial charge >= 0.3 is 0 Å². The molecule has 4 atom stereocenters. The molecule has 0 radical (unpaired) electrons. The number of carbonyl (C=O) groups excluding carboxylic acids is 1. The van der Waals surface area contributed by atoms with Gasteiger partial charge in [0.1, 0.15) is 5.60 Å². The molecule has 8 rings (SSSR count). The van der Waals surface area contributed by atoms with Crippen LogP contribution in [0.5, 0.6) is 11.5 Å². The normalized spacial score (nSPS) is 29.3. The summed E-state index contributed by atoms with van der Waals surface area (Å²) in [5.41, 5.74) is 6.20. The van der Waals surface area contributed by atoms with E-state index in [9.17, 15) is 9.90 Å². The third kappa shape index (κ3) is 3.53. The minimum Gasteiger partial charge on any atom is -0.504 e. The van der Waals surface area contributed by atoms with Gasteiger partial charge in [0.25, 0.3) is 0 Å². The van der Waals surface area contributed by atoms with Gasteiger partial charge in [0.2, 0.25) is 0 Å². The number of allylic oxidation sites excluding steroid dienone is 1. The van der Waals surface area contributed by atoms with Crippen molar-refractivity contribution in [1.29, 1.82) is 0 Å². The van der Waals surface area contributed by atoms with Gasteiger partial charge in [-0.25, -0.2) is 0 Å². The Kier molecular flexibility index (Phi) is 5.61. The number of fused-ring (bicyclic) bond motifs is 2. The number of phenolic OH excluding ortho intramolecular Hbond substituents is 1. The van der Waals surface area contributed by atoms with E-state index in [0.717, 1.165) is 56.1 Å². The lowest BCUT2D eigenvalue weighted by atomic mass is 9.49. The van der Waals surface area contributed by atoms with Crippen molar-refractivity contribution in [3.05, 3.63) is 88.2 Å². The van der Waals surface area contributed by atoms with Crippen LogP contribution in [-0.4, -0.2) is 52.2 Å². The molecular formula is C35H38N2O4. The molecule has 1 aromatic heterocycles. The summed E-state index contributed by atoms with van der Waals surface area (Å²) in [6.45, 7) is 2.15. The van der Waals surface area contributed by atoms with E-state index in [4.69, 9.17) is 9.47 Å². The fourth-order valence-corrected chi connectivity index (χ4v) is 8.82. The number of aryl methyl sites for hydroxylation is 1. The Balaban J connectivity index is 1.19. The van der Waals surface area contributed by atoms with Crippen LogP contribution >= 0.6 is 0 Å². The smallest absolute Gasteiger partial charge is 0.166 e. The maximum atomic E-state index is 12.8. The molecule has 1 N–H and O–H groups in total. The van der Waals surface area contributed by atoms with Crippen LogP contribution in [0.15, 0.2) is 54.6 Å². The third-order valence-electron chi connectivity index (χ3n) is 10.9. The van der Waals surface area contributed by atoms with Gasteiger partial charge in [0.15, 0.2) is 23.4 Å². The van der Waals surface area contributed by atoms with Crippen molar-refractivity contribution in [3.8, 4) is 11.5 Å². The number of aromatic hydroxyl groups is 1. The van der Waals surface area contributed by atoms with Gasteiger partial charge in [0.05, 0.1) is 11.1 Å². The van der Waals surface area contributed by atoms with Crippen LogP contribution in [0.2, 0.25) is 0 Å². The second kappa shape index (κ2) is 9.07. The van der Waals surface area contributed by atoms with Crippen LogP contribution in [0, 0.1) is 5.92 Å². The molecule has 2 fully saturated rings. The lowest BCUT2D eigenvalue weighted by Crippen LogP contribution is -2.75. The molecule has 1 saturated carbocycles. The number of ether oxygens (including phenoxy) is 2. The lowest BCUT2D eigenvalue weighted by Gasteiger charge is -2.64. The Morgan fingerprint density at radius 3 is 2.78 bits per heavy atom. The summed E-state index contributed by atoms with van der Waals surface area (Å²) in [6, 6.07) is 16.6. The number of nitrogens with zero attached hydrogens (tertiary/aromatic N) is 2. The van der Waals surface area contributed by atoms with Crippen LogP contribution in [0.1, 0.15) is 65.4 Å². The molecule has 5 aliphatic rings. The second-order valence-electron chi connectivity index (χ2n) is 12.9. The first kappa shape index (κ1) is 25.4. The van der Waals surface area contributed by atoms with Crippen LogP contribution < -0.4 is 4.74 Å². The number of aromatic nitrogens is 1. The van der Waals surface area contributed by atoms with Crippen molar-refractivity contribution < 1.29 is 19.4 Å². The summed E-state index contributed by atoms with van der Waals surface area (Å²) in [5.74, 6) is 1.79. The number of likely N-dealkylation sites (tertiary alicyclic amines) is 1. The molecule has 2 aliphatic heterocycles. The summed E-state index contributed by atoms with van der Waals surface area (Å²) < 4.78 is 15.8. The molecule has 1 spiro atoms. The zero-order chi connectivity index (χ0) is 27.9. The highest BCUT2D eigenvalue weighted by molar-refractivity contribution is 5.93. The van der Waals surface area contributed by atoms with Crippen molar-refractivity contribution in [1.82, 2.24) is 9.47 Å². The fourth-order valence-electron chi connectivity index (χ4n) is 8.82. The van der Waals surface area contributed by atoms with Gasteiger partial charge in [-0.1, -0.05) is 36.4 Å². The first-order valence-corrected chi connectivity index (χ1v) is 15.2. The number of hydrogen-bond donors (Lipinski definition) is 1. The predicted octanol–water partition coefficient (Wildman–Crippen LogP) is 5.30. The third-order valence-corrected chi connectivity index (χ3v) is 10.9. The molecule has 212 valence electrons. The van der Waals surface area contributed by atoms with E-state index in [1.807, 2.05) is 37.5 Å². The Labute approximate surface area is 241 Å². The van der Waals surface area contributed by atoms with Crippen molar-refractivity contribution in [2.75, 3.05) is 20.2 Å². The monoisotopic (exact) mass is 550 g/mol. The Morgan fingerprint density at radius 1 is 1.17 bits per heavy atom. The fraction of sp³-hybridized carbons (Fsp3) is 0.457. The summed E-state index contributed by atoms with van der Waals surface area (Å²) in [4.78, 5) is 15.5. The van der Waals surface area contributed by atoms with Gasteiger partial charge in [0, 0.05) is 50.8 Å². The number of benzene rings is 2. The molecule has 3 aromatic rings. The van der Waals surface area contributed by atoms with Gasteiger partial charge in [-0.05, 0) is 85.5 Å². The number of phenols is 1. The standard InChI is InChI=1S/C35H38N2O4/c1-36-26(12-14-27(38)13-10-22-6-4-3-5-7-22)18-25-20-35(40-2)29-19-24-11-15-28(39)32-30(24)34(35,33(41-32)31(25)36)16-17-37(29)21-23-8-9-23/h3-7,11-12,14-15,18,23,29,33,39H,8-10,13,16-17,19-21H2,1-2H3/b14-12+/t29-,33?,34-,35+/m0/s1. The number of hydrogen-bond acceptors (Lipinski definition) is 5. The van der Waals surface area contributed by atoms with Crippen molar-refractivity contribution in [2.24, 2.45) is 13.0 Å². The number of ketones is 1. The average Bonchev–Trinajstić information content (AvgIpc) is 3.66. The van der Waals surface area contributed by atoms with Crippen LogP contribution in [0.4, 0.5) is 0 Å². The van der Waals surface area contributed by atoms with E-state index in [1.54, 1.807) is 6.08 Å². The van der Waals surface area contributed by atoms with Crippen LogP contribution in [0.25, 0.3) is 6.08 Å². The molecule has 2 bridgehead atoms. The van der Waals surface area contributed by atoms with Gasteiger partial charge in [-0.15, -0.1) is 0 Å². The van der Waals surface area contributed by atoms with Crippen molar-refractivity contribution in [3.63, 3.8) is 0 Å². The largest absolute Gasteiger partial charge is 0.504 e. The first-order valence-electron chi connectivity index (χ1n) is 15.2. The number of rotatable bonds is 8. The molecular weight excluding hydrogens is 512 g/mol. The lowest BCUT2D eigenvalue weighted by molar-refractivity contribution is -0.191. The van der Waals surface area contributed by atoms with E-state index in [0.29, 0.717) is 12.2 Å². The van der Waals surface area contributed by atoms with E-state index in [2.05, 4.69) is 40.8 Å². The number of methoxy groups -OCH3 is 1. The van der Waals surface area contributed by atoms with Gasteiger partial charge < -0.3 is 19.1 Å². The minimum atomic E-state index is -0.447. The van der Waals surface area contributed by atoms with Gasteiger partial charge in [-0.2, -0.15) is 0 Å². The predicted molar refractivity (Wildman–Crippen MR) is 157 cm³/mol. The molecule has 2 aromatic carbocycles. The molecule has 1 saturated heterocycles. The van der Waals surface area contributed by atoms with E-state index < -0.39 is 5.60 Å². The van der Waals surface area contributed by atoms with Crippen LogP contribution in [0.3, 0.4) is 0 Å². The molecule has 0 amide bonds. The Bertz CT molecular complexity index is 1570. The highest BCUT2D eigenvalue weighted by atomic mass is 16.5. The number of carbonyl (C=O) groups is 1. The summed E-state index contributed by atoms with van der Waals surface area (Å²) in [5, 5.41) is 11.0. The molecule has 3 aliphatic carbocycles. The van der Waals surface area contributed by atoms with Crippen LogP contribution in [-0.2, 0) is 41.3 Å². The summed E-state index contributed by atoms with van der Waals surface area (Å²) >= 11 is 0.